The Morgan fingerprint density at radius 1 is 1.06 bits per heavy atom. The van der Waals surface area contributed by atoms with Crippen molar-refractivity contribution >= 4 is 35.0 Å². The maximum absolute atomic E-state index is 13.2. The van der Waals surface area contributed by atoms with Crippen LogP contribution in [0.4, 0.5) is 5.69 Å². The van der Waals surface area contributed by atoms with Gasteiger partial charge in [-0.25, -0.2) is 0 Å². The number of amides is 3. The number of nitrogens with zero attached hydrogens (tertiary/aromatic N) is 2. The quantitative estimate of drug-likeness (QED) is 0.693. The lowest BCUT2D eigenvalue weighted by Crippen LogP contribution is -2.43. The summed E-state index contributed by atoms with van der Waals surface area (Å²) >= 11 is 5.92. The molecule has 8 nitrogen and oxygen atoms in total. The minimum absolute atomic E-state index is 0.140. The van der Waals surface area contributed by atoms with Gasteiger partial charge in [-0.2, -0.15) is 0 Å². The van der Waals surface area contributed by atoms with E-state index in [0.717, 1.165) is 0 Å². The molecule has 3 amide bonds. The van der Waals surface area contributed by atoms with Gasteiger partial charge in [-0.05, 0) is 43.2 Å². The number of rotatable bonds is 6. The Bertz CT molecular complexity index is 1040. The molecule has 1 fully saturated rings. The van der Waals surface area contributed by atoms with Gasteiger partial charge in [0.25, 0.3) is 11.8 Å². The topological polar surface area (TPSA) is 88.2 Å². The summed E-state index contributed by atoms with van der Waals surface area (Å²) in [7, 11) is 6.23. The number of ether oxygens (including phenoxy) is 2. The Hall–Kier alpha value is -3.26. The van der Waals surface area contributed by atoms with E-state index in [0.29, 0.717) is 47.2 Å². The van der Waals surface area contributed by atoms with Crippen molar-refractivity contribution in [1.29, 1.82) is 0 Å². The second-order valence-electron chi connectivity index (χ2n) is 8.04. The molecule has 33 heavy (non-hydrogen) atoms. The Morgan fingerprint density at radius 3 is 2.30 bits per heavy atom. The number of hydrogen-bond donors (Lipinski definition) is 1. The van der Waals surface area contributed by atoms with Crippen LogP contribution in [0.15, 0.2) is 36.4 Å². The van der Waals surface area contributed by atoms with Crippen molar-refractivity contribution in [2.24, 2.45) is 5.92 Å². The highest BCUT2D eigenvalue weighted by Crippen LogP contribution is 2.34. The van der Waals surface area contributed by atoms with E-state index in [-0.39, 0.29) is 29.8 Å². The summed E-state index contributed by atoms with van der Waals surface area (Å²) in [6.45, 7) is 0.865. The Morgan fingerprint density at radius 2 is 1.70 bits per heavy atom. The van der Waals surface area contributed by atoms with E-state index >= 15 is 0 Å². The molecule has 1 saturated heterocycles. The first-order valence-corrected chi connectivity index (χ1v) is 11.0. The highest BCUT2D eigenvalue weighted by Gasteiger charge is 2.30. The van der Waals surface area contributed by atoms with E-state index in [1.54, 1.807) is 55.4 Å². The van der Waals surface area contributed by atoms with Crippen molar-refractivity contribution in [1.82, 2.24) is 9.80 Å². The average molecular weight is 474 g/mol. The van der Waals surface area contributed by atoms with Gasteiger partial charge in [0.2, 0.25) is 5.91 Å². The second kappa shape index (κ2) is 10.6. The van der Waals surface area contributed by atoms with Crippen molar-refractivity contribution in [3.8, 4) is 11.5 Å². The number of piperidine rings is 1. The standard InChI is InChI=1S/C24H28ClN3O5/c1-27(2)24(31)18-12-20(32-3)21(33-4)13-19(18)26-22(29)16-6-5-11-28(14-16)23(30)15-7-9-17(25)10-8-15/h7-10,12-13,16H,5-6,11,14H2,1-4H3,(H,26,29). The van der Waals surface area contributed by atoms with E-state index in [1.165, 1.54) is 19.1 Å². The Balaban J connectivity index is 1.80. The molecule has 1 atom stereocenters. The van der Waals surface area contributed by atoms with Gasteiger partial charge in [-0.1, -0.05) is 11.6 Å². The maximum Gasteiger partial charge on any atom is 0.255 e. The predicted octanol–water partition coefficient (Wildman–Crippen LogP) is 3.55. The zero-order valence-electron chi connectivity index (χ0n) is 19.2. The van der Waals surface area contributed by atoms with Gasteiger partial charge >= 0.3 is 0 Å². The molecule has 0 spiro atoms. The predicted molar refractivity (Wildman–Crippen MR) is 126 cm³/mol. The summed E-state index contributed by atoms with van der Waals surface area (Å²) in [5, 5.41) is 3.43. The van der Waals surface area contributed by atoms with Crippen LogP contribution in [0.3, 0.4) is 0 Å². The van der Waals surface area contributed by atoms with Crippen LogP contribution in [0, 0.1) is 5.92 Å². The van der Waals surface area contributed by atoms with Gasteiger partial charge in [0.1, 0.15) is 0 Å². The number of benzene rings is 2. The van der Waals surface area contributed by atoms with Gasteiger partial charge in [-0.3, -0.25) is 14.4 Å². The molecule has 1 N–H and O–H groups in total. The van der Waals surface area contributed by atoms with Gasteiger partial charge < -0.3 is 24.6 Å². The number of likely N-dealkylation sites (tertiary alicyclic amines) is 1. The van der Waals surface area contributed by atoms with Crippen LogP contribution < -0.4 is 14.8 Å². The normalized spacial score (nSPS) is 15.5. The number of carbonyl (C=O) groups is 3. The zero-order chi connectivity index (χ0) is 24.1. The molecule has 3 rings (SSSR count). The van der Waals surface area contributed by atoms with Crippen LogP contribution in [0.2, 0.25) is 5.02 Å². The first-order valence-electron chi connectivity index (χ1n) is 10.6. The first kappa shape index (κ1) is 24.4. The van der Waals surface area contributed by atoms with Gasteiger partial charge in [0.15, 0.2) is 11.5 Å². The van der Waals surface area contributed by atoms with E-state index in [2.05, 4.69) is 5.32 Å². The van der Waals surface area contributed by atoms with Crippen LogP contribution in [-0.4, -0.2) is 68.9 Å². The molecule has 2 aromatic carbocycles. The fourth-order valence-corrected chi connectivity index (χ4v) is 3.91. The molecule has 0 saturated carbocycles. The second-order valence-corrected chi connectivity index (χ2v) is 8.48. The monoisotopic (exact) mass is 473 g/mol. The molecule has 9 heteroatoms. The van der Waals surface area contributed by atoms with Crippen LogP contribution in [0.25, 0.3) is 0 Å². The highest BCUT2D eigenvalue weighted by atomic mass is 35.5. The molecule has 0 aliphatic carbocycles. The largest absolute Gasteiger partial charge is 0.493 e. The molecule has 1 aliphatic heterocycles. The highest BCUT2D eigenvalue weighted by molar-refractivity contribution is 6.30. The van der Waals surface area contributed by atoms with Gasteiger partial charge in [0, 0.05) is 43.8 Å². The summed E-state index contributed by atoms with van der Waals surface area (Å²) in [5.41, 5.74) is 1.15. The molecule has 1 unspecified atom stereocenters. The minimum atomic E-state index is -0.412. The van der Waals surface area contributed by atoms with Crippen molar-refractivity contribution in [2.45, 2.75) is 12.8 Å². The van der Waals surface area contributed by atoms with E-state index in [4.69, 9.17) is 21.1 Å². The lowest BCUT2D eigenvalue weighted by molar-refractivity contribution is -0.121. The summed E-state index contributed by atoms with van der Waals surface area (Å²) in [4.78, 5) is 41.9. The van der Waals surface area contributed by atoms with Crippen LogP contribution in [-0.2, 0) is 4.79 Å². The number of carbonyl (C=O) groups excluding carboxylic acids is 3. The maximum atomic E-state index is 13.2. The van der Waals surface area contributed by atoms with Crippen LogP contribution >= 0.6 is 11.6 Å². The number of halogens is 1. The summed E-state index contributed by atoms with van der Waals surface area (Å²) in [5.74, 6) is -0.313. The first-order chi connectivity index (χ1) is 15.7. The fourth-order valence-electron chi connectivity index (χ4n) is 3.79. The third-order valence-electron chi connectivity index (χ3n) is 5.59. The molecule has 0 radical (unpaired) electrons. The van der Waals surface area contributed by atoms with Crippen molar-refractivity contribution in [2.75, 3.05) is 46.7 Å². The molecule has 1 heterocycles. The average Bonchev–Trinajstić information content (AvgIpc) is 2.83. The van der Waals surface area contributed by atoms with E-state index in [1.807, 2.05) is 0 Å². The zero-order valence-corrected chi connectivity index (χ0v) is 19.9. The third kappa shape index (κ3) is 5.57. The third-order valence-corrected chi connectivity index (χ3v) is 5.84. The smallest absolute Gasteiger partial charge is 0.255 e. The van der Waals surface area contributed by atoms with Gasteiger partial charge in [-0.15, -0.1) is 0 Å². The molecule has 2 aromatic rings. The molecule has 176 valence electrons. The molecule has 1 aliphatic rings. The Labute approximate surface area is 198 Å². The van der Waals surface area contributed by atoms with Gasteiger partial charge in [0.05, 0.1) is 31.4 Å². The van der Waals surface area contributed by atoms with E-state index in [9.17, 15) is 14.4 Å². The molecule has 0 aromatic heterocycles. The lowest BCUT2D eigenvalue weighted by atomic mass is 9.96. The molecule has 0 bridgehead atoms. The van der Waals surface area contributed by atoms with Crippen LogP contribution in [0.5, 0.6) is 11.5 Å². The van der Waals surface area contributed by atoms with Crippen molar-refractivity contribution < 1.29 is 23.9 Å². The number of hydrogen-bond acceptors (Lipinski definition) is 5. The number of nitrogens with one attached hydrogen (secondary N) is 1. The van der Waals surface area contributed by atoms with Crippen molar-refractivity contribution in [3.05, 3.63) is 52.5 Å². The summed E-state index contributed by atoms with van der Waals surface area (Å²) in [6.07, 6.45) is 1.34. The summed E-state index contributed by atoms with van der Waals surface area (Å²) in [6, 6.07) is 9.82. The van der Waals surface area contributed by atoms with Crippen LogP contribution in [0.1, 0.15) is 33.6 Å². The minimum Gasteiger partial charge on any atom is -0.493 e. The number of methoxy groups -OCH3 is 2. The summed E-state index contributed by atoms with van der Waals surface area (Å²) < 4.78 is 10.7. The molecular weight excluding hydrogens is 446 g/mol. The Kier molecular flexibility index (Phi) is 7.81. The fraction of sp³-hybridized carbons (Fsp3) is 0.375. The molecular formula is C24H28ClN3O5. The lowest BCUT2D eigenvalue weighted by Gasteiger charge is -2.32. The SMILES string of the molecule is COc1cc(NC(=O)C2CCCN(C(=O)c3ccc(Cl)cc3)C2)c(C(=O)N(C)C)cc1OC. The van der Waals surface area contributed by atoms with E-state index < -0.39 is 5.92 Å². The number of anilines is 1. The van der Waals surface area contributed by atoms with Crippen molar-refractivity contribution in [3.63, 3.8) is 0 Å².